The number of hydrogen-bond donors (Lipinski definition) is 1. The second-order valence-corrected chi connectivity index (χ2v) is 7.84. The number of aromatic nitrogens is 4. The van der Waals surface area contributed by atoms with Gasteiger partial charge < -0.3 is 19.4 Å². The minimum atomic E-state index is -0.457. The topological polar surface area (TPSA) is 94.4 Å². The van der Waals surface area contributed by atoms with E-state index >= 15 is 0 Å². The SMILES string of the molecule is Cc1cncc(CN2CCO[C@]3(CO[C@@H](C(=O)NCCCn4ccnc4)C3)C2)n1. The highest BCUT2D eigenvalue weighted by Crippen LogP contribution is 2.32. The highest BCUT2D eigenvalue weighted by atomic mass is 16.6. The van der Waals surface area contributed by atoms with Gasteiger partial charge in [-0.25, -0.2) is 4.98 Å². The Morgan fingerprint density at radius 1 is 1.38 bits per heavy atom. The van der Waals surface area contributed by atoms with Crippen LogP contribution in [-0.2, 0) is 27.4 Å². The minimum absolute atomic E-state index is 0.0576. The van der Waals surface area contributed by atoms with E-state index in [0.29, 0.717) is 26.2 Å². The van der Waals surface area contributed by atoms with Crippen molar-refractivity contribution >= 4 is 5.91 Å². The Balaban J connectivity index is 1.24. The summed E-state index contributed by atoms with van der Waals surface area (Å²) >= 11 is 0. The van der Waals surface area contributed by atoms with Crippen molar-refractivity contribution in [3.63, 3.8) is 0 Å². The smallest absolute Gasteiger partial charge is 0.249 e. The van der Waals surface area contributed by atoms with Crippen molar-refractivity contribution < 1.29 is 14.3 Å². The third-order valence-electron chi connectivity index (χ3n) is 5.37. The molecule has 2 aliphatic heterocycles. The first-order valence-corrected chi connectivity index (χ1v) is 10.1. The Morgan fingerprint density at radius 2 is 2.31 bits per heavy atom. The van der Waals surface area contributed by atoms with E-state index < -0.39 is 11.7 Å². The first-order valence-electron chi connectivity index (χ1n) is 10.1. The number of nitrogens with one attached hydrogen (secondary N) is 1. The summed E-state index contributed by atoms with van der Waals surface area (Å²) in [6.07, 6.45) is 9.98. The van der Waals surface area contributed by atoms with E-state index in [-0.39, 0.29) is 5.91 Å². The maximum Gasteiger partial charge on any atom is 0.249 e. The lowest BCUT2D eigenvalue weighted by molar-refractivity contribution is -0.130. The fourth-order valence-electron chi connectivity index (χ4n) is 3.97. The lowest BCUT2D eigenvalue weighted by Gasteiger charge is -2.39. The molecule has 1 N–H and O–H groups in total. The average molecular weight is 400 g/mol. The summed E-state index contributed by atoms with van der Waals surface area (Å²) in [5.41, 5.74) is 1.45. The van der Waals surface area contributed by atoms with Gasteiger partial charge in [-0.3, -0.25) is 19.7 Å². The van der Waals surface area contributed by atoms with Crippen LogP contribution < -0.4 is 5.32 Å². The Labute approximate surface area is 170 Å². The number of ether oxygens (including phenoxy) is 2. The normalized spacial score (nSPS) is 24.8. The van der Waals surface area contributed by atoms with Gasteiger partial charge in [0.25, 0.3) is 0 Å². The molecule has 1 spiro atoms. The summed E-state index contributed by atoms with van der Waals surface area (Å²) in [4.78, 5) is 27.6. The van der Waals surface area contributed by atoms with E-state index in [0.717, 1.165) is 44.0 Å². The lowest BCUT2D eigenvalue weighted by Crippen LogP contribution is -2.52. The lowest BCUT2D eigenvalue weighted by atomic mass is 9.97. The summed E-state index contributed by atoms with van der Waals surface area (Å²) < 4.78 is 13.9. The molecule has 0 aliphatic carbocycles. The molecular weight excluding hydrogens is 372 g/mol. The minimum Gasteiger partial charge on any atom is -0.370 e. The number of imidazole rings is 1. The van der Waals surface area contributed by atoms with Gasteiger partial charge in [0.2, 0.25) is 5.91 Å². The summed E-state index contributed by atoms with van der Waals surface area (Å²) in [6.45, 7) is 6.75. The Kier molecular flexibility index (Phi) is 6.17. The van der Waals surface area contributed by atoms with E-state index in [4.69, 9.17) is 9.47 Å². The number of aryl methyl sites for hydroxylation is 2. The van der Waals surface area contributed by atoms with Crippen LogP contribution in [-0.4, -0.2) is 74.9 Å². The van der Waals surface area contributed by atoms with Gasteiger partial charge in [-0.15, -0.1) is 0 Å². The standard InChI is InChI=1S/C20H28N6O3/c1-16-10-22-11-17(24-16)12-26-7-8-29-20(13-26)9-18(28-14-20)19(27)23-3-2-5-25-6-4-21-15-25/h4,6,10-11,15,18H,2-3,5,7-9,12-14H2,1H3,(H,23,27)/t18-,20+/m1/s1. The van der Waals surface area contributed by atoms with Crippen LogP contribution in [0, 0.1) is 6.92 Å². The molecule has 2 aliphatic rings. The molecule has 0 radical (unpaired) electrons. The second kappa shape index (κ2) is 8.98. The van der Waals surface area contributed by atoms with Gasteiger partial charge in [0, 0.05) is 63.9 Å². The molecule has 4 heterocycles. The van der Waals surface area contributed by atoms with Gasteiger partial charge in [0.05, 0.1) is 30.9 Å². The molecule has 29 heavy (non-hydrogen) atoms. The van der Waals surface area contributed by atoms with E-state index in [9.17, 15) is 4.79 Å². The Bertz CT molecular complexity index is 814. The van der Waals surface area contributed by atoms with Gasteiger partial charge >= 0.3 is 0 Å². The number of nitrogens with zero attached hydrogens (tertiary/aromatic N) is 5. The van der Waals surface area contributed by atoms with Crippen LogP contribution >= 0.6 is 0 Å². The van der Waals surface area contributed by atoms with Crippen LogP contribution in [0.2, 0.25) is 0 Å². The molecule has 0 aromatic carbocycles. The summed E-state index contributed by atoms with van der Waals surface area (Å²) in [7, 11) is 0. The molecule has 2 aromatic heterocycles. The zero-order valence-corrected chi connectivity index (χ0v) is 16.8. The van der Waals surface area contributed by atoms with Crippen LogP contribution in [0.5, 0.6) is 0 Å². The van der Waals surface area contributed by atoms with E-state index in [1.807, 2.05) is 17.7 Å². The molecule has 9 nitrogen and oxygen atoms in total. The number of carbonyl (C=O) groups is 1. The van der Waals surface area contributed by atoms with Crippen molar-refractivity contribution in [1.29, 1.82) is 0 Å². The fourth-order valence-corrected chi connectivity index (χ4v) is 3.97. The number of carbonyl (C=O) groups excluding carboxylic acids is 1. The van der Waals surface area contributed by atoms with Crippen LogP contribution in [0.3, 0.4) is 0 Å². The van der Waals surface area contributed by atoms with Crippen LogP contribution in [0.1, 0.15) is 24.2 Å². The highest BCUT2D eigenvalue weighted by molar-refractivity contribution is 5.81. The maximum absolute atomic E-state index is 12.5. The molecule has 4 rings (SSSR count). The first-order chi connectivity index (χ1) is 14.1. The van der Waals surface area contributed by atoms with Gasteiger partial charge in [-0.05, 0) is 13.3 Å². The van der Waals surface area contributed by atoms with Gasteiger partial charge in [0.15, 0.2) is 0 Å². The van der Waals surface area contributed by atoms with Gasteiger partial charge in [-0.2, -0.15) is 0 Å². The highest BCUT2D eigenvalue weighted by Gasteiger charge is 2.46. The van der Waals surface area contributed by atoms with Gasteiger partial charge in [-0.1, -0.05) is 0 Å². The van der Waals surface area contributed by atoms with Crippen LogP contribution in [0.15, 0.2) is 31.1 Å². The summed E-state index contributed by atoms with van der Waals surface area (Å²) in [5.74, 6) is -0.0576. The molecule has 2 fully saturated rings. The molecule has 0 saturated carbocycles. The zero-order chi connectivity index (χ0) is 20.1. The maximum atomic E-state index is 12.5. The predicted octanol–water partition coefficient (Wildman–Crippen LogP) is 0.548. The second-order valence-electron chi connectivity index (χ2n) is 7.84. The summed E-state index contributed by atoms with van der Waals surface area (Å²) in [5, 5.41) is 2.98. The van der Waals surface area contributed by atoms with Crippen molar-refractivity contribution in [3.8, 4) is 0 Å². The number of morpholine rings is 1. The zero-order valence-electron chi connectivity index (χ0n) is 16.8. The van der Waals surface area contributed by atoms with E-state index in [1.165, 1.54) is 0 Å². The van der Waals surface area contributed by atoms with Crippen LogP contribution in [0.25, 0.3) is 0 Å². The molecular formula is C20H28N6O3. The number of rotatable bonds is 7. The largest absolute Gasteiger partial charge is 0.370 e. The molecule has 2 atom stereocenters. The summed E-state index contributed by atoms with van der Waals surface area (Å²) in [6, 6.07) is 0. The Morgan fingerprint density at radius 3 is 3.14 bits per heavy atom. The Hall–Kier alpha value is -2.36. The molecule has 2 aromatic rings. The van der Waals surface area contributed by atoms with Gasteiger partial charge in [0.1, 0.15) is 11.7 Å². The van der Waals surface area contributed by atoms with Crippen molar-refractivity contribution in [2.24, 2.45) is 0 Å². The van der Waals surface area contributed by atoms with Crippen molar-refractivity contribution in [2.45, 2.75) is 44.6 Å². The van der Waals surface area contributed by atoms with Crippen LogP contribution in [0.4, 0.5) is 0 Å². The molecule has 0 unspecified atom stereocenters. The quantitative estimate of drug-likeness (QED) is 0.678. The van der Waals surface area contributed by atoms with E-state index in [2.05, 4.69) is 25.2 Å². The molecule has 156 valence electrons. The monoisotopic (exact) mass is 400 g/mol. The molecule has 1 amide bonds. The molecule has 9 heteroatoms. The predicted molar refractivity (Wildman–Crippen MR) is 105 cm³/mol. The van der Waals surface area contributed by atoms with Crippen molar-refractivity contribution in [2.75, 3.05) is 32.8 Å². The van der Waals surface area contributed by atoms with Crippen molar-refractivity contribution in [3.05, 3.63) is 42.5 Å². The third-order valence-corrected chi connectivity index (χ3v) is 5.37. The average Bonchev–Trinajstić information content (AvgIpc) is 3.36. The third kappa shape index (κ3) is 5.17. The molecule has 0 bridgehead atoms. The van der Waals surface area contributed by atoms with Crippen molar-refractivity contribution in [1.82, 2.24) is 29.7 Å². The first kappa shape index (κ1) is 19.9. The van der Waals surface area contributed by atoms with E-state index in [1.54, 1.807) is 24.9 Å². The number of hydrogen-bond acceptors (Lipinski definition) is 7. The number of amides is 1. The fraction of sp³-hybridized carbons (Fsp3) is 0.600. The molecule has 2 saturated heterocycles.